The van der Waals surface area contributed by atoms with Crippen LogP contribution in [0.25, 0.3) is 11.1 Å². The topological polar surface area (TPSA) is 87.7 Å². The van der Waals surface area contributed by atoms with Gasteiger partial charge in [-0.05, 0) is 23.8 Å². The smallest absolute Gasteiger partial charge is 0.337 e. The molecule has 0 aliphatic rings. The maximum Gasteiger partial charge on any atom is 0.337 e. The summed E-state index contributed by atoms with van der Waals surface area (Å²) in [4.78, 5) is 16.0. The van der Waals surface area contributed by atoms with Gasteiger partial charge in [0.05, 0.1) is 22.8 Å². The number of aliphatic imine (C=N–C) groups is 1. The molecule has 136 valence electrons. The van der Waals surface area contributed by atoms with Gasteiger partial charge >= 0.3 is 5.97 Å². The monoisotopic (exact) mass is 379 g/mol. The van der Waals surface area contributed by atoms with Crippen LogP contribution in [-0.4, -0.2) is 22.8 Å². The van der Waals surface area contributed by atoms with Crippen molar-refractivity contribution in [2.45, 2.75) is 0 Å². The van der Waals surface area contributed by atoms with E-state index in [1.165, 1.54) is 6.07 Å². The zero-order chi connectivity index (χ0) is 19.2. The highest BCUT2D eigenvalue weighted by molar-refractivity contribution is 6.28. The van der Waals surface area contributed by atoms with Crippen molar-refractivity contribution in [3.63, 3.8) is 0 Å². The van der Waals surface area contributed by atoms with Gasteiger partial charge in [-0.1, -0.05) is 54.6 Å². The number of carboxylic acid groups (broad SMARTS) is 1. The standard InChI is InChI=1S/C21H18ClN3O2/c22-13-19(23)24-18-12-6-10-16(21(26)27)20(18)25-17-11-5-4-9-15(17)14-7-2-1-3-8-14/h1-12,25H,13H2,(H2,23,24)(H,26,27). The zero-order valence-electron chi connectivity index (χ0n) is 14.4. The summed E-state index contributed by atoms with van der Waals surface area (Å²) >= 11 is 5.73. The Labute approximate surface area is 162 Å². The molecule has 0 saturated carbocycles. The van der Waals surface area contributed by atoms with E-state index in [1.54, 1.807) is 12.1 Å². The molecule has 0 aliphatic carbocycles. The Kier molecular flexibility index (Phi) is 5.74. The molecule has 0 fully saturated rings. The maximum atomic E-state index is 11.7. The van der Waals surface area contributed by atoms with Crippen LogP contribution in [0.2, 0.25) is 0 Å². The number of hydrogen-bond donors (Lipinski definition) is 3. The van der Waals surface area contributed by atoms with Crippen molar-refractivity contribution < 1.29 is 9.90 Å². The molecule has 3 aromatic carbocycles. The van der Waals surface area contributed by atoms with Crippen LogP contribution in [-0.2, 0) is 0 Å². The minimum Gasteiger partial charge on any atom is -0.478 e. The fourth-order valence-corrected chi connectivity index (χ4v) is 2.78. The molecule has 3 rings (SSSR count). The number of nitrogens with two attached hydrogens (primary N) is 1. The second-order valence-corrected chi connectivity index (χ2v) is 6.05. The third-order valence-electron chi connectivity index (χ3n) is 3.95. The number of nitrogens with one attached hydrogen (secondary N) is 1. The van der Waals surface area contributed by atoms with E-state index in [1.807, 2.05) is 54.6 Å². The average molecular weight is 380 g/mol. The first kappa shape index (κ1) is 18.5. The first-order chi connectivity index (χ1) is 13.1. The summed E-state index contributed by atoms with van der Waals surface area (Å²) < 4.78 is 0. The number of anilines is 2. The van der Waals surface area contributed by atoms with Gasteiger partial charge in [0.1, 0.15) is 5.84 Å². The van der Waals surface area contributed by atoms with Gasteiger partial charge in [0, 0.05) is 11.3 Å². The molecule has 6 heteroatoms. The van der Waals surface area contributed by atoms with Crippen molar-refractivity contribution in [3.05, 3.63) is 78.4 Å². The normalized spacial score (nSPS) is 11.2. The zero-order valence-corrected chi connectivity index (χ0v) is 15.1. The van der Waals surface area contributed by atoms with Crippen LogP contribution in [0.1, 0.15) is 10.4 Å². The fraction of sp³-hybridized carbons (Fsp3) is 0.0476. The summed E-state index contributed by atoms with van der Waals surface area (Å²) in [5.41, 5.74) is 9.35. The predicted molar refractivity (Wildman–Crippen MR) is 111 cm³/mol. The number of benzene rings is 3. The molecule has 0 radical (unpaired) electrons. The number of amidine groups is 1. The van der Waals surface area contributed by atoms with Gasteiger partial charge in [-0.3, -0.25) is 0 Å². The molecule has 0 saturated heterocycles. The molecule has 0 amide bonds. The number of para-hydroxylation sites is 2. The van der Waals surface area contributed by atoms with E-state index in [2.05, 4.69) is 10.3 Å². The van der Waals surface area contributed by atoms with E-state index in [0.29, 0.717) is 11.4 Å². The summed E-state index contributed by atoms with van der Waals surface area (Å²) in [6.07, 6.45) is 0. The molecule has 0 spiro atoms. The number of halogens is 1. The molecule has 4 N–H and O–H groups in total. The SMILES string of the molecule is NC(CCl)=Nc1cccc(C(=O)O)c1Nc1ccccc1-c1ccccc1. The molecule has 5 nitrogen and oxygen atoms in total. The number of aromatic carboxylic acids is 1. The molecule has 27 heavy (non-hydrogen) atoms. The lowest BCUT2D eigenvalue weighted by Gasteiger charge is -2.16. The number of hydrogen-bond acceptors (Lipinski definition) is 3. The molecule has 0 heterocycles. The highest BCUT2D eigenvalue weighted by atomic mass is 35.5. The lowest BCUT2D eigenvalue weighted by atomic mass is 10.0. The molecule has 0 atom stereocenters. The van der Waals surface area contributed by atoms with Crippen LogP contribution in [0.5, 0.6) is 0 Å². The van der Waals surface area contributed by atoms with Crippen LogP contribution in [0, 0.1) is 0 Å². The number of rotatable bonds is 6. The van der Waals surface area contributed by atoms with E-state index < -0.39 is 5.97 Å². The highest BCUT2D eigenvalue weighted by Crippen LogP contribution is 2.36. The van der Waals surface area contributed by atoms with Crippen LogP contribution in [0.15, 0.2) is 77.8 Å². The summed E-state index contributed by atoms with van der Waals surface area (Å²) in [5.74, 6) is -0.799. The summed E-state index contributed by atoms with van der Waals surface area (Å²) in [7, 11) is 0. The number of nitrogens with zero attached hydrogens (tertiary/aromatic N) is 1. The largest absolute Gasteiger partial charge is 0.478 e. The van der Waals surface area contributed by atoms with Gasteiger partial charge in [-0.15, -0.1) is 11.6 Å². The number of carboxylic acids is 1. The van der Waals surface area contributed by atoms with Crippen LogP contribution < -0.4 is 11.1 Å². The number of alkyl halides is 1. The minimum absolute atomic E-state index is 0.0529. The minimum atomic E-state index is -1.06. The lowest BCUT2D eigenvalue weighted by Crippen LogP contribution is -2.13. The molecular weight excluding hydrogens is 362 g/mol. The summed E-state index contributed by atoms with van der Waals surface area (Å²) in [6.45, 7) is 0. The van der Waals surface area contributed by atoms with Gasteiger partial charge in [-0.25, -0.2) is 9.79 Å². The Morgan fingerprint density at radius 1 is 1.00 bits per heavy atom. The Balaban J connectivity index is 2.13. The van der Waals surface area contributed by atoms with Crippen molar-refractivity contribution in [1.82, 2.24) is 0 Å². The summed E-state index contributed by atoms with van der Waals surface area (Å²) in [6, 6.07) is 22.3. The van der Waals surface area contributed by atoms with Gasteiger partial charge in [-0.2, -0.15) is 0 Å². The lowest BCUT2D eigenvalue weighted by molar-refractivity contribution is 0.0698. The Hall–Kier alpha value is -3.31. The molecule has 0 bridgehead atoms. The quantitative estimate of drug-likeness (QED) is 0.318. The third-order valence-corrected chi connectivity index (χ3v) is 4.22. The Morgan fingerprint density at radius 2 is 1.70 bits per heavy atom. The fourth-order valence-electron chi connectivity index (χ4n) is 2.72. The average Bonchev–Trinajstić information content (AvgIpc) is 2.70. The Bertz CT molecular complexity index is 988. The second kappa shape index (κ2) is 8.38. The Morgan fingerprint density at radius 3 is 2.41 bits per heavy atom. The van der Waals surface area contributed by atoms with Crippen molar-refractivity contribution in [3.8, 4) is 11.1 Å². The summed E-state index contributed by atoms with van der Waals surface area (Å²) in [5, 5.41) is 12.8. The van der Waals surface area contributed by atoms with Crippen molar-refractivity contribution in [1.29, 1.82) is 0 Å². The van der Waals surface area contributed by atoms with Crippen LogP contribution >= 0.6 is 11.6 Å². The number of carbonyl (C=O) groups is 1. The van der Waals surface area contributed by atoms with E-state index in [9.17, 15) is 9.90 Å². The molecule has 0 aromatic heterocycles. The van der Waals surface area contributed by atoms with Gasteiger partial charge in [0.2, 0.25) is 0 Å². The molecule has 0 aliphatic heterocycles. The van der Waals surface area contributed by atoms with Crippen molar-refractivity contribution >= 4 is 40.5 Å². The maximum absolute atomic E-state index is 11.7. The van der Waals surface area contributed by atoms with Gasteiger partial charge < -0.3 is 16.2 Å². The van der Waals surface area contributed by atoms with Crippen molar-refractivity contribution in [2.24, 2.45) is 10.7 Å². The van der Waals surface area contributed by atoms with E-state index >= 15 is 0 Å². The molecule has 0 unspecified atom stereocenters. The highest BCUT2D eigenvalue weighted by Gasteiger charge is 2.16. The molecular formula is C21H18ClN3O2. The first-order valence-electron chi connectivity index (χ1n) is 8.27. The van der Waals surface area contributed by atoms with Gasteiger partial charge in [0.15, 0.2) is 0 Å². The van der Waals surface area contributed by atoms with E-state index in [0.717, 1.165) is 16.8 Å². The van der Waals surface area contributed by atoms with E-state index in [4.69, 9.17) is 17.3 Å². The second-order valence-electron chi connectivity index (χ2n) is 5.78. The van der Waals surface area contributed by atoms with Crippen LogP contribution in [0.4, 0.5) is 17.1 Å². The van der Waals surface area contributed by atoms with E-state index in [-0.39, 0.29) is 17.3 Å². The first-order valence-corrected chi connectivity index (χ1v) is 8.80. The third kappa shape index (κ3) is 4.27. The van der Waals surface area contributed by atoms with Crippen LogP contribution in [0.3, 0.4) is 0 Å². The van der Waals surface area contributed by atoms with Gasteiger partial charge in [0.25, 0.3) is 0 Å². The predicted octanol–water partition coefficient (Wildman–Crippen LogP) is 5.02. The molecule has 3 aromatic rings. The van der Waals surface area contributed by atoms with Crippen molar-refractivity contribution in [2.75, 3.05) is 11.2 Å².